The summed E-state index contributed by atoms with van der Waals surface area (Å²) in [6.07, 6.45) is 0. The first-order chi connectivity index (χ1) is 9.97. The van der Waals surface area contributed by atoms with E-state index in [-0.39, 0.29) is 16.2 Å². The molecule has 0 saturated carbocycles. The molecule has 0 aliphatic carbocycles. The number of anilines is 1. The number of non-ortho nitro benzene ring substituents is 1. The van der Waals surface area contributed by atoms with Gasteiger partial charge in [-0.25, -0.2) is 4.39 Å². The van der Waals surface area contributed by atoms with Crippen molar-refractivity contribution in [2.24, 2.45) is 0 Å². The highest BCUT2D eigenvalue weighted by molar-refractivity contribution is 7.82. The second kappa shape index (κ2) is 6.19. The number of benzene rings is 2. The van der Waals surface area contributed by atoms with Crippen molar-refractivity contribution < 1.29 is 14.1 Å². The number of ketones is 1. The summed E-state index contributed by atoms with van der Waals surface area (Å²) in [5.41, 5.74) is 0.660. The van der Waals surface area contributed by atoms with Crippen molar-refractivity contribution in [1.82, 2.24) is 0 Å². The van der Waals surface area contributed by atoms with Gasteiger partial charge in [0.1, 0.15) is 5.82 Å². The Bertz CT molecular complexity index is 699. The number of rotatable bonds is 4. The SMILES string of the molecule is O=C(C(=S)Nc1ccc([N+](=O)[O-])cc1)c1ccc(F)cc1. The van der Waals surface area contributed by atoms with Crippen molar-refractivity contribution in [3.05, 3.63) is 70.0 Å². The van der Waals surface area contributed by atoms with E-state index in [4.69, 9.17) is 12.2 Å². The zero-order valence-corrected chi connectivity index (χ0v) is 11.4. The summed E-state index contributed by atoms with van der Waals surface area (Å²) in [6, 6.07) is 10.5. The lowest BCUT2D eigenvalue weighted by Gasteiger charge is -2.07. The van der Waals surface area contributed by atoms with Crippen LogP contribution in [0.2, 0.25) is 0 Å². The van der Waals surface area contributed by atoms with Crippen LogP contribution >= 0.6 is 12.2 Å². The third-order valence-electron chi connectivity index (χ3n) is 2.65. The quantitative estimate of drug-likeness (QED) is 0.406. The molecule has 0 aliphatic heterocycles. The highest BCUT2D eigenvalue weighted by Crippen LogP contribution is 2.16. The average Bonchev–Trinajstić information content (AvgIpc) is 2.47. The summed E-state index contributed by atoms with van der Waals surface area (Å²) in [4.78, 5) is 21.9. The van der Waals surface area contributed by atoms with Crippen LogP contribution in [0.25, 0.3) is 0 Å². The molecule has 0 unspecified atom stereocenters. The van der Waals surface area contributed by atoms with Gasteiger partial charge in [-0.15, -0.1) is 0 Å². The van der Waals surface area contributed by atoms with Crippen LogP contribution in [0.1, 0.15) is 10.4 Å². The minimum Gasteiger partial charge on any atom is -0.343 e. The topological polar surface area (TPSA) is 72.2 Å². The fourth-order valence-electron chi connectivity index (χ4n) is 1.59. The molecule has 0 aromatic heterocycles. The van der Waals surface area contributed by atoms with Gasteiger partial charge < -0.3 is 5.32 Å². The molecule has 2 rings (SSSR count). The number of nitro benzene ring substituents is 1. The molecule has 0 bridgehead atoms. The van der Waals surface area contributed by atoms with Gasteiger partial charge in [-0.05, 0) is 36.4 Å². The van der Waals surface area contributed by atoms with Gasteiger partial charge in [-0.3, -0.25) is 14.9 Å². The van der Waals surface area contributed by atoms with E-state index in [1.54, 1.807) is 0 Å². The summed E-state index contributed by atoms with van der Waals surface area (Å²) >= 11 is 4.97. The molecule has 5 nitrogen and oxygen atoms in total. The van der Waals surface area contributed by atoms with Gasteiger partial charge in [-0.1, -0.05) is 12.2 Å². The number of nitro groups is 1. The van der Waals surface area contributed by atoms with E-state index in [2.05, 4.69) is 5.32 Å². The lowest BCUT2D eigenvalue weighted by atomic mass is 10.1. The van der Waals surface area contributed by atoms with Crippen LogP contribution in [-0.2, 0) is 0 Å². The van der Waals surface area contributed by atoms with Gasteiger partial charge in [0.25, 0.3) is 5.69 Å². The van der Waals surface area contributed by atoms with Gasteiger partial charge in [0.15, 0.2) is 4.99 Å². The Kier molecular flexibility index (Phi) is 4.34. The van der Waals surface area contributed by atoms with E-state index in [9.17, 15) is 19.3 Å². The first-order valence-corrected chi connectivity index (χ1v) is 6.24. The zero-order valence-electron chi connectivity index (χ0n) is 10.6. The summed E-state index contributed by atoms with van der Waals surface area (Å²) in [5.74, 6) is -0.899. The number of nitrogens with zero attached hydrogens (tertiary/aromatic N) is 1. The number of Topliss-reactive ketones (excluding diaryl/α,β-unsaturated/α-hetero) is 1. The maximum absolute atomic E-state index is 12.8. The molecule has 2 aromatic carbocycles. The van der Waals surface area contributed by atoms with E-state index in [0.29, 0.717) is 5.69 Å². The molecular weight excluding hydrogens is 295 g/mol. The predicted molar refractivity (Wildman–Crippen MR) is 80.0 cm³/mol. The number of hydrogen-bond donors (Lipinski definition) is 1. The second-order valence-corrected chi connectivity index (χ2v) is 4.50. The molecule has 7 heteroatoms. The van der Waals surface area contributed by atoms with Gasteiger partial charge >= 0.3 is 0 Å². The van der Waals surface area contributed by atoms with Crippen LogP contribution in [0.15, 0.2) is 48.5 Å². The van der Waals surface area contributed by atoms with Crippen molar-refractivity contribution >= 4 is 34.4 Å². The number of nitrogens with one attached hydrogen (secondary N) is 1. The lowest BCUT2D eigenvalue weighted by molar-refractivity contribution is -0.384. The second-order valence-electron chi connectivity index (χ2n) is 4.09. The Morgan fingerprint density at radius 2 is 1.67 bits per heavy atom. The van der Waals surface area contributed by atoms with Crippen molar-refractivity contribution in [2.75, 3.05) is 5.32 Å². The van der Waals surface area contributed by atoms with Crippen LogP contribution in [0.3, 0.4) is 0 Å². The monoisotopic (exact) mass is 304 g/mol. The Balaban J connectivity index is 2.08. The normalized spacial score (nSPS) is 9.95. The Morgan fingerprint density at radius 3 is 2.19 bits per heavy atom. The number of carbonyl (C=O) groups is 1. The molecule has 0 fully saturated rings. The predicted octanol–water partition coefficient (Wildman–Crippen LogP) is 3.36. The maximum Gasteiger partial charge on any atom is 0.269 e. The summed E-state index contributed by atoms with van der Waals surface area (Å²) in [5, 5.41) is 13.2. The molecule has 0 spiro atoms. The minimum atomic E-state index is -0.522. The Morgan fingerprint density at radius 1 is 1.10 bits per heavy atom. The maximum atomic E-state index is 12.8. The molecule has 0 saturated heterocycles. The number of halogens is 1. The molecule has 0 heterocycles. The molecule has 0 amide bonds. The Labute approximate surface area is 124 Å². The minimum absolute atomic E-state index is 0.0590. The van der Waals surface area contributed by atoms with E-state index in [0.717, 1.165) is 0 Å². The van der Waals surface area contributed by atoms with E-state index in [1.165, 1.54) is 48.5 Å². The van der Waals surface area contributed by atoms with Crippen molar-refractivity contribution in [3.8, 4) is 0 Å². The summed E-state index contributed by atoms with van der Waals surface area (Å²) in [7, 11) is 0. The van der Waals surface area contributed by atoms with Gasteiger partial charge in [0.2, 0.25) is 5.78 Å². The highest BCUT2D eigenvalue weighted by Gasteiger charge is 2.13. The van der Waals surface area contributed by atoms with E-state index in [1.807, 2.05) is 0 Å². The Hall–Kier alpha value is -2.67. The third-order valence-corrected chi connectivity index (χ3v) is 2.94. The van der Waals surface area contributed by atoms with E-state index < -0.39 is 16.5 Å². The smallest absolute Gasteiger partial charge is 0.269 e. The molecule has 0 atom stereocenters. The van der Waals surface area contributed by atoms with Gasteiger partial charge in [0, 0.05) is 23.4 Å². The summed E-state index contributed by atoms with van der Waals surface area (Å²) in [6.45, 7) is 0. The molecule has 0 radical (unpaired) electrons. The van der Waals surface area contributed by atoms with Crippen LogP contribution in [0, 0.1) is 15.9 Å². The van der Waals surface area contributed by atoms with Crippen LogP contribution in [-0.4, -0.2) is 15.7 Å². The molecule has 2 aromatic rings. The van der Waals surface area contributed by atoms with Crippen molar-refractivity contribution in [2.45, 2.75) is 0 Å². The van der Waals surface area contributed by atoms with Gasteiger partial charge in [-0.2, -0.15) is 0 Å². The van der Waals surface area contributed by atoms with Crippen LogP contribution < -0.4 is 5.32 Å². The zero-order chi connectivity index (χ0) is 15.4. The largest absolute Gasteiger partial charge is 0.343 e. The highest BCUT2D eigenvalue weighted by atomic mass is 32.1. The van der Waals surface area contributed by atoms with Crippen molar-refractivity contribution in [1.29, 1.82) is 0 Å². The summed E-state index contributed by atoms with van der Waals surface area (Å²) < 4.78 is 12.8. The van der Waals surface area contributed by atoms with Gasteiger partial charge in [0.05, 0.1) is 4.92 Å². The van der Waals surface area contributed by atoms with Crippen LogP contribution in [0.5, 0.6) is 0 Å². The van der Waals surface area contributed by atoms with Crippen molar-refractivity contribution in [3.63, 3.8) is 0 Å². The number of carbonyl (C=O) groups excluding carboxylic acids is 1. The first kappa shape index (κ1) is 14.7. The molecule has 0 aliphatic rings. The first-order valence-electron chi connectivity index (χ1n) is 5.83. The fraction of sp³-hybridized carbons (Fsp3) is 0. The molecular formula is C14H9FN2O3S. The van der Waals surface area contributed by atoms with Crippen LogP contribution in [0.4, 0.5) is 15.8 Å². The number of hydrogen-bond acceptors (Lipinski definition) is 4. The molecule has 1 N–H and O–H groups in total. The third kappa shape index (κ3) is 3.67. The molecule has 106 valence electrons. The fourth-order valence-corrected chi connectivity index (χ4v) is 1.82. The molecule has 21 heavy (non-hydrogen) atoms. The lowest BCUT2D eigenvalue weighted by Crippen LogP contribution is -2.20. The van der Waals surface area contributed by atoms with E-state index >= 15 is 0 Å². The average molecular weight is 304 g/mol. The standard InChI is InChI=1S/C14H9FN2O3S/c15-10-3-1-9(2-4-10)13(18)14(21)16-11-5-7-12(8-6-11)17(19)20/h1-8H,(H,16,21). The number of thiocarbonyl (C=S) groups is 1.